The molecule has 0 amide bonds. The number of hydrogen-bond donors (Lipinski definition) is 0. The Hall–Kier alpha value is -2.10. The van der Waals surface area contributed by atoms with Gasteiger partial charge in [-0.2, -0.15) is 0 Å². The van der Waals surface area contributed by atoms with Gasteiger partial charge in [-0.05, 0) is 57.2 Å². The van der Waals surface area contributed by atoms with Crippen LogP contribution >= 0.6 is 0 Å². The van der Waals surface area contributed by atoms with Gasteiger partial charge in [-0.15, -0.1) is 0 Å². The summed E-state index contributed by atoms with van der Waals surface area (Å²) in [6.07, 6.45) is 7.75. The minimum absolute atomic E-state index is 0. The molecule has 1 aliphatic rings. The fraction of sp³-hybridized carbons (Fsp3) is 0.545. The van der Waals surface area contributed by atoms with E-state index in [0.29, 0.717) is 5.57 Å². The fourth-order valence-electron chi connectivity index (χ4n) is 2.72. The zero-order chi connectivity index (χ0) is 18.7. The Morgan fingerprint density at radius 3 is 2.08 bits per heavy atom. The average Bonchev–Trinajstić information content (AvgIpc) is 2.62. The van der Waals surface area contributed by atoms with E-state index < -0.39 is 0 Å². The maximum Gasteiger partial charge on any atom is 0.338 e. The number of ether oxygens (including phenoxy) is 1. The van der Waals surface area contributed by atoms with Crippen molar-refractivity contribution in [3.8, 4) is 0 Å². The summed E-state index contributed by atoms with van der Waals surface area (Å²) < 4.78 is 4.89. The summed E-state index contributed by atoms with van der Waals surface area (Å²) in [5, 5.41) is 0. The van der Waals surface area contributed by atoms with Gasteiger partial charge in [0.05, 0.1) is 12.7 Å². The van der Waals surface area contributed by atoms with Gasteiger partial charge in [0.1, 0.15) is 5.78 Å². The van der Waals surface area contributed by atoms with Gasteiger partial charge in [0.25, 0.3) is 0 Å². The summed E-state index contributed by atoms with van der Waals surface area (Å²) in [4.78, 5) is 23.8. The molecule has 2 rings (SSSR count). The van der Waals surface area contributed by atoms with E-state index in [1.807, 2.05) is 18.2 Å². The highest BCUT2D eigenvalue weighted by Crippen LogP contribution is 2.24. The molecule has 0 atom stereocenters. The van der Waals surface area contributed by atoms with Crippen LogP contribution in [0.15, 0.2) is 30.3 Å². The van der Waals surface area contributed by atoms with Gasteiger partial charge in [-0.25, -0.2) is 4.79 Å². The van der Waals surface area contributed by atoms with Crippen molar-refractivity contribution >= 4 is 23.0 Å². The standard InChI is InChI=1S/C18H25NO2.C3H6O.CH4/c1-3-4-8-17(18(20)21-2)15-9-11-16(12-10-15)19-13-6-5-7-14-19;1-3(2)4;/h8-12H,3-7,13-14H2,1-2H3;1-2H3;1H4/b17-8-;;. The molecule has 4 heteroatoms. The molecule has 0 radical (unpaired) electrons. The van der Waals surface area contributed by atoms with Crippen LogP contribution in [0.4, 0.5) is 5.69 Å². The zero-order valence-corrected chi connectivity index (χ0v) is 16.0. The number of allylic oxidation sites excluding steroid dienone is 1. The van der Waals surface area contributed by atoms with Crippen molar-refractivity contribution in [3.63, 3.8) is 0 Å². The van der Waals surface area contributed by atoms with Crippen molar-refractivity contribution in [1.82, 2.24) is 0 Å². The molecule has 0 saturated carbocycles. The summed E-state index contributed by atoms with van der Waals surface area (Å²) >= 11 is 0. The lowest BCUT2D eigenvalue weighted by Gasteiger charge is -2.28. The topological polar surface area (TPSA) is 46.6 Å². The van der Waals surface area contributed by atoms with Gasteiger partial charge in [0, 0.05) is 18.8 Å². The molecular formula is C22H35NO3. The number of nitrogens with zero attached hydrogens (tertiary/aromatic N) is 1. The van der Waals surface area contributed by atoms with E-state index in [-0.39, 0.29) is 19.2 Å². The SMILES string of the molecule is C.CC(C)=O.CCC/C=C(\C(=O)OC)c1ccc(N2CCCCC2)cc1. The number of esters is 1. The first-order valence-electron chi connectivity index (χ1n) is 9.10. The Balaban J connectivity index is 0.00000113. The minimum Gasteiger partial charge on any atom is -0.465 e. The third-order valence-corrected chi connectivity index (χ3v) is 3.94. The van der Waals surface area contributed by atoms with Gasteiger partial charge in [0.15, 0.2) is 0 Å². The lowest BCUT2D eigenvalue weighted by atomic mass is 10.0. The minimum atomic E-state index is -0.255. The molecule has 1 aromatic carbocycles. The molecule has 1 aliphatic heterocycles. The van der Waals surface area contributed by atoms with Gasteiger partial charge in [-0.1, -0.05) is 39.0 Å². The third kappa shape index (κ3) is 8.32. The van der Waals surface area contributed by atoms with Crippen molar-refractivity contribution < 1.29 is 14.3 Å². The van der Waals surface area contributed by atoms with E-state index in [1.165, 1.54) is 45.9 Å². The molecule has 1 saturated heterocycles. The number of piperidine rings is 1. The molecular weight excluding hydrogens is 326 g/mol. The maximum atomic E-state index is 11.9. The molecule has 1 aromatic rings. The van der Waals surface area contributed by atoms with Crippen LogP contribution < -0.4 is 4.90 Å². The summed E-state index contributed by atoms with van der Waals surface area (Å²) in [6, 6.07) is 8.29. The van der Waals surface area contributed by atoms with Crippen LogP contribution in [0.1, 0.15) is 65.9 Å². The van der Waals surface area contributed by atoms with Gasteiger partial charge in [0.2, 0.25) is 0 Å². The molecule has 4 nitrogen and oxygen atoms in total. The third-order valence-electron chi connectivity index (χ3n) is 3.94. The summed E-state index contributed by atoms with van der Waals surface area (Å²) in [5.74, 6) is -0.0887. The van der Waals surface area contributed by atoms with Crippen LogP contribution in [0.25, 0.3) is 5.57 Å². The molecule has 0 unspecified atom stereocenters. The first kappa shape index (κ1) is 23.9. The van der Waals surface area contributed by atoms with Crippen molar-refractivity contribution in [2.75, 3.05) is 25.1 Å². The number of carbonyl (C=O) groups excluding carboxylic acids is 2. The second kappa shape index (κ2) is 13.2. The molecule has 146 valence electrons. The molecule has 26 heavy (non-hydrogen) atoms. The number of unbranched alkanes of at least 4 members (excludes halogenated alkanes) is 1. The van der Waals surface area contributed by atoms with E-state index in [1.54, 1.807) is 0 Å². The van der Waals surface area contributed by atoms with Crippen LogP contribution in [-0.2, 0) is 14.3 Å². The average molecular weight is 362 g/mol. The van der Waals surface area contributed by atoms with Gasteiger partial charge in [-0.3, -0.25) is 0 Å². The van der Waals surface area contributed by atoms with E-state index in [9.17, 15) is 9.59 Å². The number of ketones is 1. The monoisotopic (exact) mass is 361 g/mol. The summed E-state index contributed by atoms with van der Waals surface area (Å²) in [6.45, 7) is 7.43. The highest BCUT2D eigenvalue weighted by Gasteiger charge is 2.14. The Kier molecular flexibility index (Phi) is 12.1. The largest absolute Gasteiger partial charge is 0.465 e. The lowest BCUT2D eigenvalue weighted by molar-refractivity contribution is -0.133. The fourth-order valence-corrected chi connectivity index (χ4v) is 2.72. The Bertz CT molecular complexity index is 566. The summed E-state index contributed by atoms with van der Waals surface area (Å²) in [5.41, 5.74) is 2.86. The molecule has 1 heterocycles. The number of methoxy groups -OCH3 is 1. The van der Waals surface area contributed by atoms with Crippen molar-refractivity contribution in [2.45, 2.75) is 60.3 Å². The molecule has 0 aromatic heterocycles. The van der Waals surface area contributed by atoms with Gasteiger partial charge >= 0.3 is 5.97 Å². The lowest BCUT2D eigenvalue weighted by Crippen LogP contribution is -2.29. The van der Waals surface area contributed by atoms with E-state index in [2.05, 4.69) is 24.0 Å². The second-order valence-electron chi connectivity index (χ2n) is 6.40. The van der Waals surface area contributed by atoms with Crippen molar-refractivity contribution in [1.29, 1.82) is 0 Å². The van der Waals surface area contributed by atoms with E-state index in [0.717, 1.165) is 31.5 Å². The first-order chi connectivity index (χ1) is 12.0. The van der Waals surface area contributed by atoms with Crippen LogP contribution in [-0.4, -0.2) is 32.0 Å². The summed E-state index contributed by atoms with van der Waals surface area (Å²) in [7, 11) is 1.43. The first-order valence-corrected chi connectivity index (χ1v) is 9.10. The van der Waals surface area contributed by atoms with Crippen molar-refractivity contribution in [3.05, 3.63) is 35.9 Å². The van der Waals surface area contributed by atoms with E-state index in [4.69, 9.17) is 4.74 Å². The predicted octanol–water partition coefficient (Wildman–Crippen LogP) is 5.26. The molecule has 1 fully saturated rings. The Morgan fingerprint density at radius 1 is 1.08 bits per heavy atom. The second-order valence-corrected chi connectivity index (χ2v) is 6.40. The Morgan fingerprint density at radius 2 is 1.62 bits per heavy atom. The Labute approximate surface area is 159 Å². The van der Waals surface area contributed by atoms with Crippen LogP contribution in [0.2, 0.25) is 0 Å². The number of anilines is 1. The molecule has 0 aliphatic carbocycles. The molecule has 0 N–H and O–H groups in total. The van der Waals surface area contributed by atoms with E-state index >= 15 is 0 Å². The number of benzene rings is 1. The highest BCUT2D eigenvalue weighted by atomic mass is 16.5. The number of rotatable bonds is 5. The predicted molar refractivity (Wildman–Crippen MR) is 110 cm³/mol. The zero-order valence-electron chi connectivity index (χ0n) is 16.0. The molecule has 0 bridgehead atoms. The van der Waals surface area contributed by atoms with Crippen LogP contribution in [0.3, 0.4) is 0 Å². The number of hydrogen-bond acceptors (Lipinski definition) is 4. The van der Waals surface area contributed by atoms with Crippen LogP contribution in [0, 0.1) is 0 Å². The molecule has 0 spiro atoms. The quantitative estimate of drug-likeness (QED) is 0.530. The smallest absolute Gasteiger partial charge is 0.338 e. The number of carbonyl (C=O) groups is 2. The maximum absolute atomic E-state index is 11.9. The van der Waals surface area contributed by atoms with Gasteiger partial charge < -0.3 is 14.4 Å². The van der Waals surface area contributed by atoms with Crippen molar-refractivity contribution in [2.24, 2.45) is 0 Å². The highest BCUT2D eigenvalue weighted by molar-refractivity contribution is 6.16. The van der Waals surface area contributed by atoms with Crippen LogP contribution in [0.5, 0.6) is 0 Å². The normalized spacial score (nSPS) is 13.8. The number of Topliss-reactive ketones (excluding diaryl/α,β-unsaturated/α-hetero) is 1.